The summed E-state index contributed by atoms with van der Waals surface area (Å²) in [7, 11) is -3.46. The molecule has 2 heterocycles. The highest BCUT2D eigenvalue weighted by Crippen LogP contribution is 2.41. The van der Waals surface area contributed by atoms with Crippen molar-refractivity contribution in [3.8, 4) is 32.8 Å². The summed E-state index contributed by atoms with van der Waals surface area (Å²) in [4.78, 5) is 7.64. The molecule has 0 radical (unpaired) electrons. The largest absolute Gasteiger partial charge is 0.490 e. The number of aliphatic hydroxyl groups is 1. The number of hydrogen-bond donors (Lipinski definition) is 2. The second-order valence-electron chi connectivity index (χ2n) is 10.2. The van der Waals surface area contributed by atoms with Gasteiger partial charge in [-0.05, 0) is 68.0 Å². The molecule has 38 heavy (non-hydrogen) atoms. The minimum absolute atomic E-state index is 0.0213. The normalized spacial score (nSPS) is 19.6. The average Bonchev–Trinajstić information content (AvgIpc) is 3.63. The molecule has 1 saturated heterocycles. The lowest BCUT2D eigenvalue weighted by Crippen LogP contribution is -2.35. The van der Waals surface area contributed by atoms with Gasteiger partial charge in [-0.3, -0.25) is 4.90 Å². The van der Waals surface area contributed by atoms with Crippen molar-refractivity contribution in [3.63, 3.8) is 0 Å². The van der Waals surface area contributed by atoms with Crippen LogP contribution in [0.2, 0.25) is 0 Å². The first-order chi connectivity index (χ1) is 18.2. The van der Waals surface area contributed by atoms with Crippen LogP contribution in [0.1, 0.15) is 49.4 Å². The van der Waals surface area contributed by atoms with Crippen LogP contribution in [0, 0.1) is 11.3 Å². The van der Waals surface area contributed by atoms with Gasteiger partial charge in [0, 0.05) is 37.4 Å². The number of rotatable bonds is 9. The summed E-state index contributed by atoms with van der Waals surface area (Å²) >= 11 is 1.55. The van der Waals surface area contributed by atoms with Crippen LogP contribution in [0.3, 0.4) is 0 Å². The maximum atomic E-state index is 12.8. The van der Waals surface area contributed by atoms with Gasteiger partial charge in [0.1, 0.15) is 16.8 Å². The van der Waals surface area contributed by atoms with Crippen LogP contribution < -0.4 is 9.46 Å². The lowest BCUT2D eigenvalue weighted by Gasteiger charge is -2.18. The van der Waals surface area contributed by atoms with Gasteiger partial charge >= 0.3 is 0 Å². The maximum Gasteiger partial charge on any atom is 0.213 e. The minimum Gasteiger partial charge on any atom is -0.490 e. The van der Waals surface area contributed by atoms with Crippen molar-refractivity contribution in [1.82, 2.24) is 14.6 Å². The van der Waals surface area contributed by atoms with E-state index in [1.54, 1.807) is 11.3 Å². The first-order valence-electron chi connectivity index (χ1n) is 12.9. The van der Waals surface area contributed by atoms with Gasteiger partial charge in [-0.25, -0.2) is 18.1 Å². The summed E-state index contributed by atoms with van der Waals surface area (Å²) in [6.07, 6.45) is 3.66. The molecule has 0 bridgehead atoms. The van der Waals surface area contributed by atoms with E-state index in [9.17, 15) is 18.8 Å². The number of nitrogens with one attached hydrogen (secondary N) is 1. The second kappa shape index (κ2) is 11.1. The molecule has 0 spiro atoms. The number of β-amino-alcohol motifs (C(OH)–C–C–N with tert-alkyl or cyclic N) is 1. The number of nitrogens with zero attached hydrogens (tertiary/aromatic N) is 3. The SMILES string of the molecule is CC(C)Oc1ccc(-c2ncc(-c3cccc4c3CC[C@H]4NS(=O)(=O)CCN3CC[C@H](O)C3)s2)cc1C#N. The van der Waals surface area contributed by atoms with E-state index in [2.05, 4.69) is 21.8 Å². The second-order valence-corrected chi connectivity index (χ2v) is 13.1. The molecule has 0 amide bonds. The molecule has 2 aliphatic rings. The molecule has 2 aromatic carbocycles. The zero-order valence-corrected chi connectivity index (χ0v) is 23.2. The standard InChI is InChI=1S/C28H32N4O4S2/c1-18(2)36-26-9-6-19(14-20(26)15-29)28-30-16-27(37-28)24-5-3-4-23-22(24)7-8-25(23)31-38(34,35)13-12-32-11-10-21(33)17-32/h3-6,9,14,16,18,21,25,31,33H,7-8,10-13,17H2,1-2H3/t21-,25+/m0/s1. The molecule has 200 valence electrons. The third kappa shape index (κ3) is 5.92. The van der Waals surface area contributed by atoms with Crippen LogP contribution in [0.5, 0.6) is 5.75 Å². The zero-order chi connectivity index (χ0) is 26.9. The van der Waals surface area contributed by atoms with Crippen molar-refractivity contribution < 1.29 is 18.3 Å². The Hall–Kier alpha value is -2.81. The number of hydrogen-bond acceptors (Lipinski definition) is 8. The Morgan fingerprint density at radius 3 is 2.87 bits per heavy atom. The van der Waals surface area contributed by atoms with E-state index in [4.69, 9.17) is 4.74 Å². The fourth-order valence-corrected chi connectivity index (χ4v) is 7.45. The molecule has 1 aromatic heterocycles. The fraction of sp³-hybridized carbons (Fsp3) is 0.429. The molecule has 2 N–H and O–H groups in total. The molecule has 2 atom stereocenters. The van der Waals surface area contributed by atoms with E-state index in [1.165, 1.54) is 0 Å². The Kier molecular flexibility index (Phi) is 7.84. The van der Waals surface area contributed by atoms with Gasteiger partial charge in [-0.15, -0.1) is 11.3 Å². The first kappa shape index (κ1) is 26.8. The maximum absolute atomic E-state index is 12.8. The average molecular weight is 553 g/mol. The third-order valence-electron chi connectivity index (χ3n) is 7.00. The van der Waals surface area contributed by atoms with Crippen LogP contribution in [-0.4, -0.2) is 61.0 Å². The number of fused-ring (bicyclic) bond motifs is 1. The van der Waals surface area contributed by atoms with E-state index in [1.807, 2.05) is 55.3 Å². The number of aromatic nitrogens is 1. The number of aliphatic hydroxyl groups excluding tert-OH is 1. The van der Waals surface area contributed by atoms with Gasteiger partial charge in [0.2, 0.25) is 10.0 Å². The van der Waals surface area contributed by atoms with Crippen molar-refractivity contribution >= 4 is 21.4 Å². The van der Waals surface area contributed by atoms with E-state index in [0.717, 1.165) is 45.1 Å². The molecule has 1 fully saturated rings. The van der Waals surface area contributed by atoms with Crippen molar-refractivity contribution in [2.75, 3.05) is 25.4 Å². The summed E-state index contributed by atoms with van der Waals surface area (Å²) in [5.41, 5.74) is 4.57. The molecule has 1 aliphatic carbocycles. The van der Waals surface area contributed by atoms with E-state index in [-0.39, 0.29) is 24.0 Å². The number of likely N-dealkylation sites (tertiary alicyclic amines) is 1. The Bertz CT molecular complexity index is 1460. The molecule has 8 nitrogen and oxygen atoms in total. The Balaban J connectivity index is 1.32. The van der Waals surface area contributed by atoms with E-state index < -0.39 is 10.0 Å². The van der Waals surface area contributed by atoms with Crippen molar-refractivity contribution in [2.45, 2.75) is 51.4 Å². The van der Waals surface area contributed by atoms with Crippen LogP contribution in [0.15, 0.2) is 42.6 Å². The third-order valence-corrected chi connectivity index (χ3v) is 9.44. The van der Waals surface area contributed by atoms with E-state index >= 15 is 0 Å². The van der Waals surface area contributed by atoms with Crippen LogP contribution in [0.4, 0.5) is 0 Å². The monoisotopic (exact) mass is 552 g/mol. The summed E-state index contributed by atoms with van der Waals surface area (Å²) in [6, 6.07) is 13.5. The molecule has 0 saturated carbocycles. The number of benzene rings is 2. The Morgan fingerprint density at radius 1 is 1.29 bits per heavy atom. The first-order valence-corrected chi connectivity index (χ1v) is 15.4. The molecular formula is C28H32N4O4S2. The summed E-state index contributed by atoms with van der Waals surface area (Å²) in [6.45, 7) is 5.55. The lowest BCUT2D eigenvalue weighted by atomic mass is 10.0. The minimum atomic E-state index is -3.46. The highest BCUT2D eigenvalue weighted by Gasteiger charge is 2.30. The number of ether oxygens (including phenoxy) is 1. The Morgan fingerprint density at radius 2 is 2.13 bits per heavy atom. The summed E-state index contributed by atoms with van der Waals surface area (Å²) in [5, 5.41) is 20.1. The fourth-order valence-electron chi connectivity index (χ4n) is 5.19. The molecule has 0 unspecified atom stereocenters. The van der Waals surface area contributed by atoms with Gasteiger partial charge in [-0.1, -0.05) is 18.2 Å². The molecule has 3 aromatic rings. The van der Waals surface area contributed by atoms with Crippen LogP contribution >= 0.6 is 11.3 Å². The quantitative estimate of drug-likeness (QED) is 0.410. The van der Waals surface area contributed by atoms with E-state index in [0.29, 0.717) is 37.2 Å². The highest BCUT2D eigenvalue weighted by molar-refractivity contribution is 7.89. The predicted octanol–water partition coefficient (Wildman–Crippen LogP) is 4.11. The van der Waals surface area contributed by atoms with Crippen molar-refractivity contribution in [2.24, 2.45) is 0 Å². The van der Waals surface area contributed by atoms with Crippen molar-refractivity contribution in [1.29, 1.82) is 5.26 Å². The molecule has 5 rings (SSSR count). The molecule has 10 heteroatoms. The smallest absolute Gasteiger partial charge is 0.213 e. The summed E-state index contributed by atoms with van der Waals surface area (Å²) in [5.74, 6) is 0.588. The van der Waals surface area contributed by atoms with Gasteiger partial charge in [-0.2, -0.15) is 5.26 Å². The Labute approximate surface area is 228 Å². The van der Waals surface area contributed by atoms with Gasteiger partial charge in [0.25, 0.3) is 0 Å². The summed E-state index contributed by atoms with van der Waals surface area (Å²) < 4.78 is 34.3. The van der Waals surface area contributed by atoms with Crippen LogP contribution in [-0.2, 0) is 16.4 Å². The zero-order valence-electron chi connectivity index (χ0n) is 21.6. The van der Waals surface area contributed by atoms with Gasteiger partial charge in [0.15, 0.2) is 0 Å². The highest BCUT2D eigenvalue weighted by atomic mass is 32.2. The topological polar surface area (TPSA) is 116 Å². The van der Waals surface area contributed by atoms with Crippen molar-refractivity contribution in [3.05, 3.63) is 59.3 Å². The number of nitriles is 1. The van der Waals surface area contributed by atoms with Crippen LogP contribution in [0.25, 0.3) is 21.0 Å². The molecular weight excluding hydrogens is 520 g/mol. The lowest BCUT2D eigenvalue weighted by molar-refractivity contribution is 0.178. The number of sulfonamides is 1. The number of thiazole rings is 1. The molecule has 1 aliphatic heterocycles. The van der Waals surface area contributed by atoms with Gasteiger partial charge in [0.05, 0.1) is 28.4 Å². The van der Waals surface area contributed by atoms with Gasteiger partial charge < -0.3 is 9.84 Å². The predicted molar refractivity (Wildman–Crippen MR) is 149 cm³/mol.